The van der Waals surface area contributed by atoms with Crippen molar-refractivity contribution in [1.29, 1.82) is 0 Å². The number of anilines is 1. The molecule has 0 saturated carbocycles. The predicted octanol–water partition coefficient (Wildman–Crippen LogP) is 4.03. The SMILES string of the molecule is Cc1ccc(S(=O)(=O)Nc2cccc(CN3CCCC(C)C3)c2)cc1. The molecular formula is C20H26N2O2S. The molecule has 0 radical (unpaired) electrons. The number of aryl methyl sites for hydroxylation is 1. The highest BCUT2D eigenvalue weighted by atomic mass is 32.2. The quantitative estimate of drug-likeness (QED) is 0.878. The minimum absolute atomic E-state index is 0.286. The second-order valence-electron chi connectivity index (χ2n) is 7.10. The number of piperidine rings is 1. The zero-order chi connectivity index (χ0) is 17.9. The summed E-state index contributed by atoms with van der Waals surface area (Å²) in [5.41, 5.74) is 2.79. The van der Waals surface area contributed by atoms with E-state index in [0.29, 0.717) is 5.69 Å². The molecule has 0 aliphatic carbocycles. The molecule has 1 saturated heterocycles. The number of likely N-dealkylation sites (tertiary alicyclic amines) is 1. The molecular weight excluding hydrogens is 332 g/mol. The number of benzene rings is 2. The van der Waals surface area contributed by atoms with Crippen LogP contribution in [0.4, 0.5) is 5.69 Å². The molecule has 2 aromatic carbocycles. The number of hydrogen-bond donors (Lipinski definition) is 1. The summed E-state index contributed by atoms with van der Waals surface area (Å²) in [5, 5.41) is 0. The van der Waals surface area contributed by atoms with Crippen molar-refractivity contribution in [2.24, 2.45) is 5.92 Å². The Labute approximate surface area is 150 Å². The minimum atomic E-state index is -3.55. The van der Waals surface area contributed by atoms with E-state index in [1.165, 1.54) is 12.8 Å². The molecule has 1 atom stereocenters. The molecule has 1 heterocycles. The molecule has 134 valence electrons. The zero-order valence-electron chi connectivity index (χ0n) is 14.9. The van der Waals surface area contributed by atoms with Gasteiger partial charge in [-0.15, -0.1) is 0 Å². The first-order chi connectivity index (χ1) is 11.9. The van der Waals surface area contributed by atoms with Crippen molar-refractivity contribution in [2.75, 3.05) is 17.8 Å². The van der Waals surface area contributed by atoms with Crippen LogP contribution in [0.3, 0.4) is 0 Å². The Balaban J connectivity index is 1.71. The molecule has 0 amide bonds. The van der Waals surface area contributed by atoms with E-state index in [1.54, 1.807) is 18.2 Å². The Kier molecular flexibility index (Phi) is 5.45. The number of nitrogens with zero attached hydrogens (tertiary/aromatic N) is 1. The third kappa shape index (κ3) is 4.83. The summed E-state index contributed by atoms with van der Waals surface area (Å²) in [6, 6.07) is 14.6. The standard InChI is InChI=1S/C20H26N2O2S/c1-16-8-10-20(11-9-16)25(23,24)21-19-7-3-6-18(13-19)15-22-12-4-5-17(2)14-22/h3,6-11,13,17,21H,4-5,12,14-15H2,1-2H3. The molecule has 25 heavy (non-hydrogen) atoms. The molecule has 4 nitrogen and oxygen atoms in total. The Morgan fingerprint density at radius 3 is 2.64 bits per heavy atom. The van der Waals surface area contributed by atoms with Crippen LogP contribution < -0.4 is 4.72 Å². The first-order valence-corrected chi connectivity index (χ1v) is 10.3. The van der Waals surface area contributed by atoms with Gasteiger partial charge in [-0.25, -0.2) is 8.42 Å². The van der Waals surface area contributed by atoms with Gasteiger partial charge in [0.1, 0.15) is 0 Å². The van der Waals surface area contributed by atoms with Gasteiger partial charge in [-0.1, -0.05) is 36.8 Å². The molecule has 0 aromatic heterocycles. The van der Waals surface area contributed by atoms with Gasteiger partial charge < -0.3 is 0 Å². The van der Waals surface area contributed by atoms with E-state index in [1.807, 2.05) is 31.2 Å². The third-order valence-electron chi connectivity index (χ3n) is 4.66. The monoisotopic (exact) mass is 358 g/mol. The lowest BCUT2D eigenvalue weighted by atomic mass is 10.00. The molecule has 1 unspecified atom stereocenters. The molecule has 3 rings (SSSR count). The topological polar surface area (TPSA) is 49.4 Å². The third-order valence-corrected chi connectivity index (χ3v) is 6.05. The molecule has 1 N–H and O–H groups in total. The van der Waals surface area contributed by atoms with Crippen LogP contribution in [0, 0.1) is 12.8 Å². The summed E-state index contributed by atoms with van der Waals surface area (Å²) in [7, 11) is -3.55. The summed E-state index contributed by atoms with van der Waals surface area (Å²) in [6.45, 7) is 7.32. The summed E-state index contributed by atoms with van der Waals surface area (Å²) in [6.07, 6.45) is 2.54. The number of rotatable bonds is 5. The van der Waals surface area contributed by atoms with E-state index < -0.39 is 10.0 Å². The van der Waals surface area contributed by atoms with Crippen LogP contribution in [-0.2, 0) is 16.6 Å². The van der Waals surface area contributed by atoms with Gasteiger partial charge in [0.25, 0.3) is 10.0 Å². The number of sulfonamides is 1. The van der Waals surface area contributed by atoms with Gasteiger partial charge in [0, 0.05) is 18.8 Å². The summed E-state index contributed by atoms with van der Waals surface area (Å²) in [4.78, 5) is 2.73. The fraction of sp³-hybridized carbons (Fsp3) is 0.400. The van der Waals surface area contributed by atoms with E-state index in [9.17, 15) is 8.42 Å². The molecule has 1 fully saturated rings. The second kappa shape index (κ2) is 7.58. The molecule has 0 spiro atoms. The van der Waals surface area contributed by atoms with Crippen molar-refractivity contribution in [3.63, 3.8) is 0 Å². The lowest BCUT2D eigenvalue weighted by molar-refractivity contribution is 0.176. The molecule has 5 heteroatoms. The Bertz CT molecular complexity index is 816. The van der Waals surface area contributed by atoms with Gasteiger partial charge in [-0.05, 0) is 62.1 Å². The average Bonchev–Trinajstić information content (AvgIpc) is 2.55. The molecule has 0 bridgehead atoms. The van der Waals surface area contributed by atoms with Gasteiger partial charge in [-0.2, -0.15) is 0 Å². The van der Waals surface area contributed by atoms with Crippen molar-refractivity contribution in [3.8, 4) is 0 Å². The van der Waals surface area contributed by atoms with Crippen LogP contribution in [-0.4, -0.2) is 26.4 Å². The van der Waals surface area contributed by atoms with Crippen LogP contribution in [0.1, 0.15) is 30.9 Å². The highest BCUT2D eigenvalue weighted by Gasteiger charge is 2.17. The number of hydrogen-bond acceptors (Lipinski definition) is 3. The van der Waals surface area contributed by atoms with E-state index in [2.05, 4.69) is 22.6 Å². The summed E-state index contributed by atoms with van der Waals surface area (Å²) < 4.78 is 27.8. The van der Waals surface area contributed by atoms with E-state index in [-0.39, 0.29) is 4.90 Å². The van der Waals surface area contributed by atoms with E-state index in [0.717, 1.165) is 36.7 Å². The van der Waals surface area contributed by atoms with Crippen LogP contribution in [0.25, 0.3) is 0 Å². The Hall–Kier alpha value is -1.85. The Morgan fingerprint density at radius 2 is 1.92 bits per heavy atom. The lowest BCUT2D eigenvalue weighted by Crippen LogP contribution is -2.33. The van der Waals surface area contributed by atoms with Crippen molar-refractivity contribution >= 4 is 15.7 Å². The largest absolute Gasteiger partial charge is 0.299 e. The van der Waals surface area contributed by atoms with Crippen molar-refractivity contribution in [3.05, 3.63) is 59.7 Å². The average molecular weight is 359 g/mol. The maximum atomic E-state index is 12.5. The summed E-state index contributed by atoms with van der Waals surface area (Å²) in [5.74, 6) is 0.733. The maximum absolute atomic E-state index is 12.5. The molecule has 1 aliphatic heterocycles. The normalized spacial score (nSPS) is 18.9. The van der Waals surface area contributed by atoms with Gasteiger partial charge in [0.05, 0.1) is 4.90 Å². The maximum Gasteiger partial charge on any atom is 0.261 e. The van der Waals surface area contributed by atoms with Crippen molar-refractivity contribution in [1.82, 2.24) is 4.90 Å². The van der Waals surface area contributed by atoms with Gasteiger partial charge in [0.15, 0.2) is 0 Å². The molecule has 2 aromatic rings. The van der Waals surface area contributed by atoms with Crippen LogP contribution in [0.15, 0.2) is 53.4 Å². The van der Waals surface area contributed by atoms with Crippen LogP contribution in [0.5, 0.6) is 0 Å². The summed E-state index contributed by atoms with van der Waals surface area (Å²) >= 11 is 0. The van der Waals surface area contributed by atoms with Crippen LogP contribution >= 0.6 is 0 Å². The smallest absolute Gasteiger partial charge is 0.261 e. The predicted molar refractivity (Wildman–Crippen MR) is 102 cm³/mol. The second-order valence-corrected chi connectivity index (χ2v) is 8.78. The first kappa shape index (κ1) is 18.0. The number of nitrogens with one attached hydrogen (secondary N) is 1. The van der Waals surface area contributed by atoms with Crippen molar-refractivity contribution < 1.29 is 8.42 Å². The highest BCUT2D eigenvalue weighted by molar-refractivity contribution is 7.92. The Morgan fingerprint density at radius 1 is 1.16 bits per heavy atom. The molecule has 1 aliphatic rings. The fourth-order valence-corrected chi connectivity index (χ4v) is 4.40. The lowest BCUT2D eigenvalue weighted by Gasteiger charge is -2.30. The fourth-order valence-electron chi connectivity index (χ4n) is 3.35. The van der Waals surface area contributed by atoms with E-state index in [4.69, 9.17) is 0 Å². The zero-order valence-corrected chi connectivity index (χ0v) is 15.7. The minimum Gasteiger partial charge on any atom is -0.299 e. The highest BCUT2D eigenvalue weighted by Crippen LogP contribution is 2.21. The van der Waals surface area contributed by atoms with Crippen LogP contribution in [0.2, 0.25) is 0 Å². The van der Waals surface area contributed by atoms with Gasteiger partial charge >= 0.3 is 0 Å². The van der Waals surface area contributed by atoms with Gasteiger partial charge in [0.2, 0.25) is 0 Å². The van der Waals surface area contributed by atoms with Crippen molar-refractivity contribution in [2.45, 2.75) is 38.1 Å². The van der Waals surface area contributed by atoms with E-state index >= 15 is 0 Å². The van der Waals surface area contributed by atoms with Gasteiger partial charge in [-0.3, -0.25) is 9.62 Å². The first-order valence-electron chi connectivity index (χ1n) is 8.83.